The largest absolute Gasteiger partial charge is 0.480 e. The van der Waals surface area contributed by atoms with Gasteiger partial charge in [-0.15, -0.1) is 0 Å². The fraction of sp³-hybridized carbons (Fsp3) is 0.579. The normalized spacial score (nSPS) is 22.1. The lowest BCUT2D eigenvalue weighted by molar-refractivity contribution is -0.143. The van der Waals surface area contributed by atoms with E-state index in [4.69, 9.17) is 0 Å². The number of rotatable bonds is 4. The third-order valence-electron chi connectivity index (χ3n) is 5.69. The molecule has 2 heterocycles. The molecule has 2 amide bonds. The number of carboxylic acids is 1. The number of halogens is 1. The molecule has 30 heavy (non-hydrogen) atoms. The predicted octanol–water partition coefficient (Wildman–Crippen LogP) is 1.00. The maximum atomic E-state index is 13.2. The van der Waals surface area contributed by atoms with Crippen LogP contribution in [0.15, 0.2) is 24.3 Å². The summed E-state index contributed by atoms with van der Waals surface area (Å²) < 4.78 is 41.8. The highest BCUT2D eigenvalue weighted by molar-refractivity contribution is 7.86. The van der Waals surface area contributed by atoms with E-state index in [2.05, 4.69) is 0 Å². The van der Waals surface area contributed by atoms with Crippen LogP contribution < -0.4 is 0 Å². The molecule has 1 atom stereocenters. The van der Waals surface area contributed by atoms with Crippen LogP contribution in [0, 0.1) is 5.82 Å². The molecule has 11 heteroatoms. The molecule has 3 rings (SSSR count). The Bertz CT molecular complexity index is 885. The third-order valence-corrected chi connectivity index (χ3v) is 7.73. The Morgan fingerprint density at radius 3 is 2.20 bits per heavy atom. The Morgan fingerprint density at radius 1 is 1.07 bits per heavy atom. The zero-order valence-corrected chi connectivity index (χ0v) is 17.9. The minimum Gasteiger partial charge on any atom is -0.480 e. The van der Waals surface area contributed by atoms with Gasteiger partial charge < -0.3 is 14.9 Å². The zero-order valence-electron chi connectivity index (χ0n) is 17.1. The van der Waals surface area contributed by atoms with Crippen molar-refractivity contribution in [1.29, 1.82) is 0 Å². The number of carboxylic acid groups (broad SMARTS) is 1. The van der Waals surface area contributed by atoms with E-state index in [1.54, 1.807) is 26.2 Å². The van der Waals surface area contributed by atoms with Crippen molar-refractivity contribution in [3.63, 3.8) is 0 Å². The van der Waals surface area contributed by atoms with Gasteiger partial charge in [0.2, 0.25) is 0 Å². The number of piperidine rings is 1. The molecule has 0 saturated carbocycles. The molecule has 1 N–H and O–H groups in total. The van der Waals surface area contributed by atoms with Crippen molar-refractivity contribution in [1.82, 2.24) is 18.4 Å². The maximum absolute atomic E-state index is 13.2. The molecule has 2 fully saturated rings. The molecule has 0 radical (unpaired) electrons. The molecule has 2 saturated heterocycles. The Morgan fingerprint density at radius 2 is 1.67 bits per heavy atom. The Kier molecular flexibility index (Phi) is 6.63. The highest BCUT2D eigenvalue weighted by Gasteiger charge is 2.44. The minimum atomic E-state index is -3.99. The van der Waals surface area contributed by atoms with Crippen LogP contribution in [-0.2, 0) is 15.0 Å². The number of carbonyl (C=O) groups is 2. The number of aliphatic carboxylic acids is 1. The van der Waals surface area contributed by atoms with Gasteiger partial charge in [-0.05, 0) is 36.5 Å². The molecular formula is C19H27FN4O5S. The molecule has 0 unspecified atom stereocenters. The van der Waals surface area contributed by atoms with Gasteiger partial charge in [-0.3, -0.25) is 4.79 Å². The highest BCUT2D eigenvalue weighted by atomic mass is 32.2. The zero-order chi connectivity index (χ0) is 22.1. The summed E-state index contributed by atoms with van der Waals surface area (Å²) in [6, 6.07) is 4.53. The lowest BCUT2D eigenvalue weighted by Gasteiger charge is -2.42. The predicted molar refractivity (Wildman–Crippen MR) is 108 cm³/mol. The number of piperazine rings is 1. The van der Waals surface area contributed by atoms with E-state index in [1.807, 2.05) is 0 Å². The quantitative estimate of drug-likeness (QED) is 0.750. The van der Waals surface area contributed by atoms with Crippen LogP contribution in [0.4, 0.5) is 9.18 Å². The molecule has 0 bridgehead atoms. The van der Waals surface area contributed by atoms with Gasteiger partial charge in [-0.1, -0.05) is 12.1 Å². The van der Waals surface area contributed by atoms with Crippen LogP contribution in [0.1, 0.15) is 24.3 Å². The van der Waals surface area contributed by atoms with E-state index < -0.39 is 22.2 Å². The third kappa shape index (κ3) is 4.57. The number of hydrogen-bond acceptors (Lipinski definition) is 4. The molecule has 0 aliphatic carbocycles. The highest BCUT2D eigenvalue weighted by Crippen LogP contribution is 2.30. The number of carbonyl (C=O) groups excluding carboxylic acids is 1. The lowest BCUT2D eigenvalue weighted by atomic mass is 9.90. The average Bonchev–Trinajstić information content (AvgIpc) is 2.73. The number of benzene rings is 1. The van der Waals surface area contributed by atoms with Crippen molar-refractivity contribution >= 4 is 22.2 Å². The SMILES string of the molecule is CN(C)C(=O)N1CCN(S(=O)(=O)N2CCC(c3ccc(F)cc3)CC2)[C@@H](C(=O)O)C1. The average molecular weight is 443 g/mol. The van der Waals surface area contributed by atoms with Crippen molar-refractivity contribution < 1.29 is 27.5 Å². The second-order valence-electron chi connectivity index (χ2n) is 7.82. The molecule has 1 aromatic rings. The second-order valence-corrected chi connectivity index (χ2v) is 9.70. The van der Waals surface area contributed by atoms with Crippen LogP contribution in [0.3, 0.4) is 0 Å². The molecule has 1 aromatic carbocycles. The Balaban J connectivity index is 1.69. The summed E-state index contributed by atoms with van der Waals surface area (Å²) in [6.45, 7) is 0.377. The molecule has 2 aliphatic rings. The van der Waals surface area contributed by atoms with Gasteiger partial charge in [0.15, 0.2) is 0 Å². The van der Waals surface area contributed by atoms with Crippen LogP contribution in [-0.4, -0.2) is 96.8 Å². The van der Waals surface area contributed by atoms with Gasteiger partial charge in [0.25, 0.3) is 10.2 Å². The monoisotopic (exact) mass is 442 g/mol. The van der Waals surface area contributed by atoms with Crippen molar-refractivity contribution in [2.45, 2.75) is 24.8 Å². The summed E-state index contributed by atoms with van der Waals surface area (Å²) in [5, 5.41) is 9.61. The van der Waals surface area contributed by atoms with Gasteiger partial charge in [-0.25, -0.2) is 9.18 Å². The standard InChI is InChI=1S/C19H27FN4O5S/c1-21(2)19(27)22-11-12-24(17(13-22)18(25)26)30(28,29)23-9-7-15(8-10-23)14-3-5-16(20)6-4-14/h3-6,15,17H,7-13H2,1-2H3,(H,25,26)/t17-/m1/s1. The number of amides is 2. The van der Waals surface area contributed by atoms with Gasteiger partial charge in [0.1, 0.15) is 11.9 Å². The van der Waals surface area contributed by atoms with Gasteiger partial charge in [0, 0.05) is 46.8 Å². The van der Waals surface area contributed by atoms with Crippen LogP contribution in [0.5, 0.6) is 0 Å². The van der Waals surface area contributed by atoms with Crippen LogP contribution >= 0.6 is 0 Å². The first-order valence-corrected chi connectivity index (χ1v) is 11.2. The van der Waals surface area contributed by atoms with E-state index in [0.717, 1.165) is 9.87 Å². The second kappa shape index (κ2) is 8.86. The number of hydrogen-bond donors (Lipinski definition) is 1. The number of urea groups is 1. The van der Waals surface area contributed by atoms with Crippen molar-refractivity contribution in [2.75, 3.05) is 46.8 Å². The Hall–Kier alpha value is -2.24. The van der Waals surface area contributed by atoms with Crippen molar-refractivity contribution in [2.24, 2.45) is 0 Å². The first-order chi connectivity index (χ1) is 14.1. The summed E-state index contributed by atoms with van der Waals surface area (Å²) >= 11 is 0. The van der Waals surface area contributed by atoms with Gasteiger partial charge >= 0.3 is 12.0 Å². The van der Waals surface area contributed by atoms with Gasteiger partial charge in [-0.2, -0.15) is 17.0 Å². The Labute approximate surface area is 175 Å². The smallest absolute Gasteiger partial charge is 0.323 e. The van der Waals surface area contributed by atoms with E-state index >= 15 is 0 Å². The fourth-order valence-electron chi connectivity index (χ4n) is 4.00. The summed E-state index contributed by atoms with van der Waals surface area (Å²) in [7, 11) is -0.863. The van der Waals surface area contributed by atoms with Gasteiger partial charge in [0.05, 0.1) is 0 Å². The number of nitrogens with zero attached hydrogens (tertiary/aromatic N) is 4. The molecule has 0 spiro atoms. The first-order valence-electron chi connectivity index (χ1n) is 9.82. The summed E-state index contributed by atoms with van der Waals surface area (Å²) in [4.78, 5) is 26.7. The van der Waals surface area contributed by atoms with Crippen LogP contribution in [0.25, 0.3) is 0 Å². The topological polar surface area (TPSA) is 101 Å². The van der Waals surface area contributed by atoms with E-state index in [1.165, 1.54) is 26.2 Å². The fourth-order valence-corrected chi connectivity index (χ4v) is 5.76. The lowest BCUT2D eigenvalue weighted by Crippen LogP contribution is -2.63. The molecule has 9 nitrogen and oxygen atoms in total. The summed E-state index contributed by atoms with van der Waals surface area (Å²) in [5.74, 6) is -1.47. The first kappa shape index (κ1) is 22.4. The molecule has 166 valence electrons. The van der Waals surface area contributed by atoms with Crippen molar-refractivity contribution in [3.8, 4) is 0 Å². The van der Waals surface area contributed by atoms with Crippen LogP contribution in [0.2, 0.25) is 0 Å². The van der Waals surface area contributed by atoms with E-state index in [0.29, 0.717) is 12.8 Å². The van der Waals surface area contributed by atoms with E-state index in [9.17, 15) is 27.5 Å². The summed E-state index contributed by atoms with van der Waals surface area (Å²) in [5.41, 5.74) is 0.965. The molecular weight excluding hydrogens is 415 g/mol. The maximum Gasteiger partial charge on any atom is 0.323 e. The molecule has 2 aliphatic heterocycles. The molecule has 0 aromatic heterocycles. The van der Waals surface area contributed by atoms with Crippen molar-refractivity contribution in [3.05, 3.63) is 35.6 Å². The summed E-state index contributed by atoms with van der Waals surface area (Å²) in [6.07, 6.45) is 1.14. The minimum absolute atomic E-state index is 0.0726. The van der Waals surface area contributed by atoms with E-state index in [-0.39, 0.29) is 50.5 Å².